The van der Waals surface area contributed by atoms with Crippen molar-refractivity contribution < 1.29 is 19.1 Å². The molecule has 124 valence electrons. The van der Waals surface area contributed by atoms with Gasteiger partial charge in [0.1, 0.15) is 5.76 Å². The third-order valence-corrected chi connectivity index (χ3v) is 4.41. The molecular weight excluding hydrogens is 298 g/mol. The Kier molecular flexibility index (Phi) is 4.11. The predicted octanol–water partition coefficient (Wildman–Crippen LogP) is 0.791. The molecule has 2 amide bonds. The molecular formula is C16H21N3O4. The van der Waals surface area contributed by atoms with Crippen molar-refractivity contribution in [1.29, 1.82) is 0 Å². The number of allylic oxidation sites excluding steroid dienone is 2. The SMILES string of the molecule is CC(=O)N(CCC1OC2=CC(=O)CC=C2N1C)N1CCCC1=O. The third-order valence-electron chi connectivity index (χ3n) is 4.41. The van der Waals surface area contributed by atoms with Gasteiger partial charge in [-0.3, -0.25) is 24.4 Å². The van der Waals surface area contributed by atoms with Crippen LogP contribution in [0, 0.1) is 0 Å². The van der Waals surface area contributed by atoms with Crippen LogP contribution in [-0.4, -0.2) is 58.9 Å². The van der Waals surface area contributed by atoms with Gasteiger partial charge in [0.15, 0.2) is 12.0 Å². The first-order chi connectivity index (χ1) is 11.0. The van der Waals surface area contributed by atoms with Gasteiger partial charge in [-0.25, -0.2) is 0 Å². The molecule has 3 aliphatic rings. The van der Waals surface area contributed by atoms with Crippen molar-refractivity contribution in [2.75, 3.05) is 20.1 Å². The van der Waals surface area contributed by atoms with Crippen LogP contribution in [0.2, 0.25) is 0 Å². The summed E-state index contributed by atoms with van der Waals surface area (Å²) in [6.45, 7) is 2.46. The van der Waals surface area contributed by atoms with Gasteiger partial charge in [0.05, 0.1) is 5.70 Å². The standard InChI is InChI=1S/C16H21N3O4/c1-11(20)18(19-8-3-4-15(19)22)9-7-16-17(2)13-6-5-12(21)10-14(13)23-16/h6,10,16H,3-5,7-9H2,1-2H3. The highest BCUT2D eigenvalue weighted by Crippen LogP contribution is 2.33. The number of nitrogens with zero attached hydrogens (tertiary/aromatic N) is 3. The monoisotopic (exact) mass is 319 g/mol. The minimum Gasteiger partial charge on any atom is -0.468 e. The lowest BCUT2D eigenvalue weighted by molar-refractivity contribution is -0.159. The second-order valence-electron chi connectivity index (χ2n) is 6.00. The molecule has 2 aliphatic heterocycles. The molecule has 0 radical (unpaired) electrons. The molecule has 1 unspecified atom stereocenters. The van der Waals surface area contributed by atoms with E-state index in [0.717, 1.165) is 12.1 Å². The van der Waals surface area contributed by atoms with Crippen LogP contribution in [0.4, 0.5) is 0 Å². The van der Waals surface area contributed by atoms with Gasteiger partial charge in [-0.05, 0) is 12.5 Å². The van der Waals surface area contributed by atoms with E-state index in [-0.39, 0.29) is 23.8 Å². The zero-order chi connectivity index (χ0) is 16.6. The smallest absolute Gasteiger partial charge is 0.241 e. The fourth-order valence-corrected chi connectivity index (χ4v) is 3.19. The highest BCUT2D eigenvalue weighted by Gasteiger charge is 2.35. The van der Waals surface area contributed by atoms with Crippen LogP contribution in [0.25, 0.3) is 0 Å². The van der Waals surface area contributed by atoms with Gasteiger partial charge in [0, 0.05) is 52.4 Å². The van der Waals surface area contributed by atoms with E-state index in [0.29, 0.717) is 38.1 Å². The summed E-state index contributed by atoms with van der Waals surface area (Å²) in [5, 5.41) is 3.04. The summed E-state index contributed by atoms with van der Waals surface area (Å²) in [4.78, 5) is 37.2. The van der Waals surface area contributed by atoms with E-state index in [4.69, 9.17) is 4.74 Å². The highest BCUT2D eigenvalue weighted by molar-refractivity contribution is 5.93. The van der Waals surface area contributed by atoms with Crippen molar-refractivity contribution in [2.24, 2.45) is 0 Å². The minimum atomic E-state index is -0.238. The Balaban J connectivity index is 1.65. The van der Waals surface area contributed by atoms with Gasteiger partial charge in [0.25, 0.3) is 0 Å². The maximum atomic E-state index is 11.9. The predicted molar refractivity (Wildman–Crippen MR) is 81.4 cm³/mol. The number of fused-ring (bicyclic) bond motifs is 1. The summed E-state index contributed by atoms with van der Waals surface area (Å²) in [6.07, 6.45) is 5.38. The van der Waals surface area contributed by atoms with Crippen molar-refractivity contribution in [1.82, 2.24) is 14.9 Å². The van der Waals surface area contributed by atoms with E-state index < -0.39 is 0 Å². The van der Waals surface area contributed by atoms with E-state index in [1.54, 1.807) is 0 Å². The van der Waals surface area contributed by atoms with Crippen molar-refractivity contribution in [3.8, 4) is 0 Å². The lowest BCUT2D eigenvalue weighted by atomic mass is 10.1. The Morgan fingerprint density at radius 3 is 2.87 bits per heavy atom. The van der Waals surface area contributed by atoms with Crippen LogP contribution in [0.3, 0.4) is 0 Å². The number of rotatable bonds is 4. The van der Waals surface area contributed by atoms with E-state index in [1.807, 2.05) is 18.0 Å². The van der Waals surface area contributed by atoms with Crippen LogP contribution in [0.1, 0.15) is 32.6 Å². The number of hydrazine groups is 1. The number of amides is 2. The number of carbonyl (C=O) groups excluding carboxylic acids is 3. The largest absolute Gasteiger partial charge is 0.468 e. The molecule has 1 aliphatic carbocycles. The van der Waals surface area contributed by atoms with E-state index in [2.05, 4.69) is 0 Å². The number of ketones is 1. The molecule has 0 aromatic rings. The zero-order valence-electron chi connectivity index (χ0n) is 13.4. The van der Waals surface area contributed by atoms with Crippen LogP contribution < -0.4 is 0 Å². The summed E-state index contributed by atoms with van der Waals surface area (Å²) >= 11 is 0. The summed E-state index contributed by atoms with van der Waals surface area (Å²) in [6, 6.07) is 0. The fourth-order valence-electron chi connectivity index (χ4n) is 3.19. The number of likely N-dealkylation sites (N-methyl/N-ethyl adjacent to an activating group) is 1. The molecule has 2 heterocycles. The first-order valence-corrected chi connectivity index (χ1v) is 7.90. The molecule has 0 aromatic heterocycles. The quantitative estimate of drug-likeness (QED) is 0.766. The van der Waals surface area contributed by atoms with Gasteiger partial charge >= 0.3 is 0 Å². The maximum Gasteiger partial charge on any atom is 0.241 e. The maximum absolute atomic E-state index is 11.9. The van der Waals surface area contributed by atoms with Crippen LogP contribution in [0.5, 0.6) is 0 Å². The Hall–Kier alpha value is -2.31. The average Bonchev–Trinajstić information content (AvgIpc) is 3.04. The van der Waals surface area contributed by atoms with Gasteiger partial charge < -0.3 is 9.64 Å². The molecule has 0 bridgehead atoms. The van der Waals surface area contributed by atoms with Gasteiger partial charge in [-0.1, -0.05) is 0 Å². The minimum absolute atomic E-state index is 0.00872. The van der Waals surface area contributed by atoms with Crippen molar-refractivity contribution in [3.63, 3.8) is 0 Å². The molecule has 0 spiro atoms. The van der Waals surface area contributed by atoms with Crippen LogP contribution in [-0.2, 0) is 19.1 Å². The molecule has 0 saturated carbocycles. The second kappa shape index (κ2) is 6.06. The number of hydrogen-bond donors (Lipinski definition) is 0. The molecule has 23 heavy (non-hydrogen) atoms. The van der Waals surface area contributed by atoms with Crippen LogP contribution in [0.15, 0.2) is 23.6 Å². The van der Waals surface area contributed by atoms with Crippen molar-refractivity contribution in [2.45, 2.75) is 38.8 Å². The molecule has 3 rings (SSSR count). The Morgan fingerprint density at radius 1 is 1.43 bits per heavy atom. The van der Waals surface area contributed by atoms with Gasteiger partial charge in [-0.15, -0.1) is 0 Å². The summed E-state index contributed by atoms with van der Waals surface area (Å²) in [7, 11) is 1.91. The summed E-state index contributed by atoms with van der Waals surface area (Å²) in [5.74, 6) is 0.476. The van der Waals surface area contributed by atoms with Crippen LogP contribution >= 0.6 is 0 Å². The lowest BCUT2D eigenvalue weighted by Gasteiger charge is -2.32. The molecule has 2 saturated heterocycles. The number of hydrogen-bond acceptors (Lipinski definition) is 5. The van der Waals surface area contributed by atoms with Gasteiger partial charge in [-0.2, -0.15) is 0 Å². The molecule has 0 N–H and O–H groups in total. The Labute approximate surface area is 135 Å². The second-order valence-corrected chi connectivity index (χ2v) is 6.00. The van der Waals surface area contributed by atoms with Crippen molar-refractivity contribution in [3.05, 3.63) is 23.6 Å². The number of carbonyl (C=O) groups is 3. The average molecular weight is 319 g/mol. The van der Waals surface area contributed by atoms with E-state index in [9.17, 15) is 14.4 Å². The van der Waals surface area contributed by atoms with Gasteiger partial charge in [0.2, 0.25) is 11.8 Å². The molecule has 1 atom stereocenters. The molecule has 2 fully saturated rings. The summed E-state index contributed by atoms with van der Waals surface area (Å²) in [5.41, 5.74) is 0.918. The molecule has 7 nitrogen and oxygen atoms in total. The highest BCUT2D eigenvalue weighted by atomic mass is 16.5. The van der Waals surface area contributed by atoms with Crippen molar-refractivity contribution >= 4 is 17.6 Å². The topological polar surface area (TPSA) is 70.2 Å². The zero-order valence-corrected chi connectivity index (χ0v) is 13.4. The molecule has 0 aromatic carbocycles. The first kappa shape index (κ1) is 15.6. The summed E-state index contributed by atoms with van der Waals surface area (Å²) < 4.78 is 5.82. The van der Waals surface area contributed by atoms with E-state index >= 15 is 0 Å². The normalized spacial score (nSPS) is 23.5. The fraction of sp³-hybridized carbons (Fsp3) is 0.562. The lowest BCUT2D eigenvalue weighted by Crippen LogP contribution is -2.47. The first-order valence-electron chi connectivity index (χ1n) is 7.90. The third kappa shape index (κ3) is 2.95. The Morgan fingerprint density at radius 2 is 2.22 bits per heavy atom. The Bertz CT molecular complexity index is 610. The molecule has 7 heteroatoms. The van der Waals surface area contributed by atoms with E-state index in [1.165, 1.54) is 23.0 Å². The number of ether oxygens (including phenoxy) is 1.